The van der Waals surface area contributed by atoms with Crippen molar-refractivity contribution in [2.75, 3.05) is 14.1 Å². The topological polar surface area (TPSA) is 84.8 Å². The zero-order chi connectivity index (χ0) is 7.44. The first-order chi connectivity index (χ1) is 4.09. The molecule has 2 N–H and O–H groups in total. The zero-order valence-electron chi connectivity index (χ0n) is 5.24. The Labute approximate surface area is 52.1 Å². The summed E-state index contributed by atoms with van der Waals surface area (Å²) in [6.45, 7) is 0. The van der Waals surface area contributed by atoms with E-state index in [1.807, 2.05) is 0 Å². The monoisotopic (exact) mass is 132 g/mol. The van der Waals surface area contributed by atoms with Crippen LogP contribution in [-0.4, -0.2) is 30.1 Å². The summed E-state index contributed by atoms with van der Waals surface area (Å²) in [6, 6.07) is 0. The third kappa shape index (κ3) is 1.94. The van der Waals surface area contributed by atoms with E-state index in [1.54, 1.807) is 0 Å². The highest BCUT2D eigenvalue weighted by Gasteiger charge is 2.09. The number of aliphatic imine (C=N–C) groups is 1. The van der Waals surface area contributed by atoms with Gasteiger partial charge in [-0.1, -0.05) is 5.01 Å². The van der Waals surface area contributed by atoms with Crippen LogP contribution in [0.4, 0.5) is 0 Å². The highest BCUT2D eigenvalue weighted by Crippen LogP contribution is 1.79. The SMILES string of the molecule is CN=C(N)N(C)[N+](=O)[O-]. The fourth-order valence-electron chi connectivity index (χ4n) is 0.228. The summed E-state index contributed by atoms with van der Waals surface area (Å²) in [5, 5.41) is 9.86. The standard InChI is InChI=1S/C3H8N4O2/c1-5-3(4)6(2)7(8)9/h1-2H3,(H2,4,5). The summed E-state index contributed by atoms with van der Waals surface area (Å²) in [4.78, 5) is 13.3. The fraction of sp³-hybridized carbons (Fsp3) is 0.667. The van der Waals surface area contributed by atoms with E-state index in [2.05, 4.69) is 4.99 Å². The maximum absolute atomic E-state index is 9.87. The number of hydrogen-bond donors (Lipinski definition) is 1. The van der Waals surface area contributed by atoms with Crippen LogP contribution in [0, 0.1) is 10.1 Å². The van der Waals surface area contributed by atoms with Crippen molar-refractivity contribution in [3.8, 4) is 0 Å². The molecule has 0 aliphatic rings. The largest absolute Gasteiger partial charge is 0.365 e. The minimum absolute atomic E-state index is 0.111. The molecule has 0 amide bonds. The van der Waals surface area contributed by atoms with Gasteiger partial charge in [-0.3, -0.25) is 4.99 Å². The van der Waals surface area contributed by atoms with Gasteiger partial charge in [0, 0.05) is 7.05 Å². The van der Waals surface area contributed by atoms with Gasteiger partial charge < -0.3 is 5.73 Å². The average Bonchev–Trinajstić information content (AvgIpc) is 1.84. The molecule has 9 heavy (non-hydrogen) atoms. The quantitative estimate of drug-likeness (QED) is 0.216. The highest BCUT2D eigenvalue weighted by molar-refractivity contribution is 5.76. The summed E-state index contributed by atoms with van der Waals surface area (Å²) >= 11 is 0. The van der Waals surface area contributed by atoms with Crippen LogP contribution in [0.15, 0.2) is 4.99 Å². The average molecular weight is 132 g/mol. The van der Waals surface area contributed by atoms with Gasteiger partial charge in [0.05, 0.1) is 7.05 Å². The van der Waals surface area contributed by atoms with Crippen LogP contribution in [0.1, 0.15) is 0 Å². The van der Waals surface area contributed by atoms with E-state index in [0.717, 1.165) is 0 Å². The molecule has 52 valence electrons. The van der Waals surface area contributed by atoms with Crippen LogP contribution in [0.5, 0.6) is 0 Å². The van der Waals surface area contributed by atoms with E-state index < -0.39 is 5.03 Å². The molecule has 0 radical (unpaired) electrons. The Bertz CT molecular complexity index is 143. The zero-order valence-corrected chi connectivity index (χ0v) is 5.24. The molecule has 0 aromatic heterocycles. The lowest BCUT2D eigenvalue weighted by Crippen LogP contribution is -2.38. The number of rotatable bonds is 1. The van der Waals surface area contributed by atoms with Crippen LogP contribution in [0.2, 0.25) is 0 Å². The summed E-state index contributed by atoms with van der Waals surface area (Å²) < 4.78 is 0. The number of hydrogen-bond acceptors (Lipinski definition) is 3. The summed E-state index contributed by atoms with van der Waals surface area (Å²) in [5.74, 6) is -0.111. The number of nitrogens with zero attached hydrogens (tertiary/aromatic N) is 3. The summed E-state index contributed by atoms with van der Waals surface area (Å²) in [6.07, 6.45) is 0. The smallest absolute Gasteiger partial charge is 0.254 e. The van der Waals surface area contributed by atoms with E-state index in [4.69, 9.17) is 5.73 Å². The predicted molar refractivity (Wildman–Crippen MR) is 32.3 cm³/mol. The van der Waals surface area contributed by atoms with Crippen molar-refractivity contribution >= 4 is 5.96 Å². The van der Waals surface area contributed by atoms with Gasteiger partial charge in [0.1, 0.15) is 0 Å². The third-order valence-electron chi connectivity index (χ3n) is 0.806. The molecule has 0 aromatic rings. The molecule has 0 fully saturated rings. The number of guanidine groups is 1. The van der Waals surface area contributed by atoms with E-state index in [-0.39, 0.29) is 5.96 Å². The van der Waals surface area contributed by atoms with E-state index in [1.165, 1.54) is 14.1 Å². The van der Waals surface area contributed by atoms with Crippen molar-refractivity contribution in [1.82, 2.24) is 5.01 Å². The van der Waals surface area contributed by atoms with Crippen LogP contribution >= 0.6 is 0 Å². The molecule has 0 bridgehead atoms. The first-order valence-electron chi connectivity index (χ1n) is 2.20. The van der Waals surface area contributed by atoms with Crippen molar-refractivity contribution in [3.63, 3.8) is 0 Å². The van der Waals surface area contributed by atoms with Gasteiger partial charge in [-0.15, -0.1) is 0 Å². The molecule has 0 aliphatic heterocycles. The summed E-state index contributed by atoms with van der Waals surface area (Å²) in [5.41, 5.74) is 5.05. The molecular formula is C3H8N4O2. The molecule has 0 atom stereocenters. The summed E-state index contributed by atoms with van der Waals surface area (Å²) in [7, 11) is 2.61. The van der Waals surface area contributed by atoms with Crippen LogP contribution < -0.4 is 5.73 Å². The van der Waals surface area contributed by atoms with Gasteiger partial charge >= 0.3 is 0 Å². The van der Waals surface area contributed by atoms with E-state index >= 15 is 0 Å². The minimum Gasteiger partial charge on any atom is -0.365 e. The number of hydrazine groups is 1. The van der Waals surface area contributed by atoms with Crippen LogP contribution in [0.25, 0.3) is 0 Å². The molecule has 6 heteroatoms. The second-order valence-electron chi connectivity index (χ2n) is 1.34. The van der Waals surface area contributed by atoms with Gasteiger partial charge in [0.2, 0.25) is 0 Å². The van der Waals surface area contributed by atoms with Gasteiger partial charge in [0.25, 0.3) is 5.96 Å². The Hall–Kier alpha value is -1.33. The molecule has 0 rings (SSSR count). The predicted octanol–water partition coefficient (Wildman–Crippen LogP) is -0.946. The lowest BCUT2D eigenvalue weighted by Gasteiger charge is -2.03. The van der Waals surface area contributed by atoms with Crippen molar-refractivity contribution < 1.29 is 5.03 Å². The maximum Gasteiger partial charge on any atom is 0.254 e. The highest BCUT2D eigenvalue weighted by atomic mass is 16.7. The molecule has 0 unspecified atom stereocenters. The Morgan fingerprint density at radius 2 is 2.33 bits per heavy atom. The Kier molecular flexibility index (Phi) is 2.43. The third-order valence-corrected chi connectivity index (χ3v) is 0.806. The van der Waals surface area contributed by atoms with Crippen LogP contribution in [0.3, 0.4) is 0 Å². The first kappa shape index (κ1) is 7.67. The lowest BCUT2D eigenvalue weighted by atomic mass is 10.9. The second kappa shape index (κ2) is 2.85. The molecule has 0 spiro atoms. The van der Waals surface area contributed by atoms with Crippen molar-refractivity contribution in [1.29, 1.82) is 0 Å². The Morgan fingerprint density at radius 3 is 2.44 bits per heavy atom. The molecular weight excluding hydrogens is 124 g/mol. The second-order valence-corrected chi connectivity index (χ2v) is 1.34. The van der Waals surface area contributed by atoms with Crippen molar-refractivity contribution in [2.24, 2.45) is 10.7 Å². The molecule has 0 heterocycles. The van der Waals surface area contributed by atoms with Crippen molar-refractivity contribution in [2.45, 2.75) is 0 Å². The van der Waals surface area contributed by atoms with E-state index in [9.17, 15) is 10.1 Å². The fourth-order valence-corrected chi connectivity index (χ4v) is 0.228. The Morgan fingerprint density at radius 1 is 1.89 bits per heavy atom. The number of nitro groups is 1. The van der Waals surface area contributed by atoms with Gasteiger partial charge in [-0.25, -0.2) is 10.1 Å². The van der Waals surface area contributed by atoms with Crippen LogP contribution in [-0.2, 0) is 0 Å². The lowest BCUT2D eigenvalue weighted by molar-refractivity contribution is -0.623. The first-order valence-corrected chi connectivity index (χ1v) is 2.20. The molecule has 6 nitrogen and oxygen atoms in total. The minimum atomic E-state index is -0.650. The van der Waals surface area contributed by atoms with E-state index in [0.29, 0.717) is 5.01 Å². The number of nitrogens with two attached hydrogens (primary N) is 1. The van der Waals surface area contributed by atoms with Gasteiger partial charge in [0.15, 0.2) is 5.03 Å². The normalized spacial score (nSPS) is 11.1. The Balaban J connectivity index is 4.04. The molecule has 0 saturated carbocycles. The maximum atomic E-state index is 9.87. The molecule has 0 aromatic carbocycles. The molecule has 0 aliphatic carbocycles. The van der Waals surface area contributed by atoms with Crippen molar-refractivity contribution in [3.05, 3.63) is 10.1 Å². The van der Waals surface area contributed by atoms with Gasteiger partial charge in [-0.05, 0) is 0 Å². The molecule has 0 saturated heterocycles. The van der Waals surface area contributed by atoms with Gasteiger partial charge in [-0.2, -0.15) is 0 Å².